The second-order valence-corrected chi connectivity index (χ2v) is 8.42. The zero-order valence-electron chi connectivity index (χ0n) is 16.9. The van der Waals surface area contributed by atoms with Crippen LogP contribution < -0.4 is 0 Å². The molecule has 0 N–H and O–H groups in total. The Morgan fingerprint density at radius 2 is 0.588 bits per heavy atom. The predicted molar refractivity (Wildman–Crippen MR) is 122 cm³/mol. The monoisotopic (exact) mass is 452 g/mol. The van der Waals surface area contributed by atoms with Gasteiger partial charge in [0.1, 0.15) is 45.3 Å². The van der Waals surface area contributed by atoms with E-state index in [1.54, 1.807) is 24.3 Å². The van der Waals surface area contributed by atoms with Gasteiger partial charge in [0.05, 0.1) is 10.8 Å². The zero-order chi connectivity index (χ0) is 22.9. The lowest BCUT2D eigenvalue weighted by Crippen LogP contribution is -2.01. The molecule has 8 rings (SSSR count). The van der Waals surface area contributed by atoms with Gasteiger partial charge in [-0.3, -0.25) is 0 Å². The van der Waals surface area contributed by atoms with E-state index in [0.29, 0.717) is 65.2 Å². The van der Waals surface area contributed by atoms with E-state index in [2.05, 4.69) is 20.4 Å². The number of hydrogen-bond donors (Lipinski definition) is 0. The van der Waals surface area contributed by atoms with Crippen molar-refractivity contribution in [3.05, 3.63) is 71.8 Å². The number of benzene rings is 6. The Bertz CT molecular complexity index is 1880. The Balaban J connectivity index is 1.75. The van der Waals surface area contributed by atoms with E-state index >= 15 is 0 Å². The standard InChI is InChI=1S/C26H8F4N4/c27-13-5-1-9-17-10(2-6-14(28)19(13)17)24-21-22-25(32-31-23(9)21)11-3-7-15(29)20-16(30)8-4-12(18(11)20)26(22)34-33-24/h1-8H. The molecule has 0 unspecified atom stereocenters. The van der Waals surface area contributed by atoms with E-state index in [9.17, 15) is 17.6 Å². The number of halogens is 4. The van der Waals surface area contributed by atoms with Crippen LogP contribution in [-0.2, 0) is 0 Å². The van der Waals surface area contributed by atoms with Crippen LogP contribution in [0, 0.1) is 23.3 Å². The molecule has 0 spiro atoms. The summed E-state index contributed by atoms with van der Waals surface area (Å²) in [6, 6.07) is 11.0. The molecule has 6 aromatic carbocycles. The molecule has 0 aliphatic rings. The third-order valence-corrected chi connectivity index (χ3v) is 6.84. The summed E-state index contributed by atoms with van der Waals surface area (Å²) in [4.78, 5) is 0. The molecular formula is C26H8F4N4. The molecule has 0 fully saturated rings. The summed E-state index contributed by atoms with van der Waals surface area (Å²) >= 11 is 0. The van der Waals surface area contributed by atoms with Gasteiger partial charge in [0.15, 0.2) is 0 Å². The summed E-state index contributed by atoms with van der Waals surface area (Å²) in [5.74, 6) is -2.73. The Hall–Kier alpha value is -4.46. The average Bonchev–Trinajstić information content (AvgIpc) is 2.84. The molecule has 0 saturated heterocycles. The zero-order valence-corrected chi connectivity index (χ0v) is 16.9. The molecule has 0 radical (unpaired) electrons. The molecule has 0 bridgehead atoms. The molecule has 4 nitrogen and oxygen atoms in total. The minimum atomic E-state index is -0.683. The first-order chi connectivity index (χ1) is 16.5. The van der Waals surface area contributed by atoms with Gasteiger partial charge in [-0.05, 0) is 48.5 Å². The summed E-state index contributed by atoms with van der Waals surface area (Å²) in [6.07, 6.45) is 0. The highest BCUT2D eigenvalue weighted by Crippen LogP contribution is 2.45. The van der Waals surface area contributed by atoms with Gasteiger partial charge in [-0.1, -0.05) is 0 Å². The van der Waals surface area contributed by atoms with Gasteiger partial charge in [-0.25, -0.2) is 17.6 Å². The first kappa shape index (κ1) is 18.0. The molecule has 2 heterocycles. The van der Waals surface area contributed by atoms with Crippen molar-refractivity contribution in [1.82, 2.24) is 20.4 Å². The third kappa shape index (κ3) is 1.88. The Morgan fingerprint density at radius 3 is 0.853 bits per heavy atom. The molecule has 0 atom stereocenters. The maximum atomic E-state index is 14.6. The fraction of sp³-hybridized carbons (Fsp3) is 0. The van der Waals surface area contributed by atoms with E-state index < -0.39 is 23.3 Å². The Morgan fingerprint density at radius 1 is 0.324 bits per heavy atom. The minimum absolute atomic E-state index is 0.140. The van der Waals surface area contributed by atoms with Crippen molar-refractivity contribution in [1.29, 1.82) is 0 Å². The van der Waals surface area contributed by atoms with Crippen LogP contribution in [0.25, 0.3) is 75.9 Å². The SMILES string of the molecule is Fc1ccc2c3nnc4c5ccc(F)c6c(F)ccc(c7nnc(c8ccc(F)c1c28)c3c47)c65. The lowest BCUT2D eigenvalue weighted by Gasteiger charge is -2.17. The maximum Gasteiger partial charge on any atom is 0.134 e. The summed E-state index contributed by atoms with van der Waals surface area (Å²) in [5.41, 5.74) is 1.71. The highest BCUT2D eigenvalue weighted by molar-refractivity contribution is 6.39. The van der Waals surface area contributed by atoms with Crippen molar-refractivity contribution >= 4 is 75.9 Å². The fourth-order valence-corrected chi connectivity index (χ4v) is 5.47. The molecule has 8 aromatic rings. The number of nitrogens with zero attached hydrogens (tertiary/aromatic N) is 4. The molecule has 8 heteroatoms. The van der Waals surface area contributed by atoms with Crippen LogP contribution in [0.1, 0.15) is 0 Å². The average molecular weight is 452 g/mol. The van der Waals surface area contributed by atoms with Crippen molar-refractivity contribution in [3.63, 3.8) is 0 Å². The summed E-state index contributed by atoms with van der Waals surface area (Å²) in [6.45, 7) is 0. The number of fused-ring (bicyclic) bond motifs is 4. The van der Waals surface area contributed by atoms with Crippen LogP contribution in [-0.4, -0.2) is 20.4 Å². The quantitative estimate of drug-likeness (QED) is 0.145. The molecule has 2 aromatic heterocycles. The van der Waals surface area contributed by atoms with Crippen LogP contribution in [0.4, 0.5) is 17.6 Å². The lowest BCUT2D eigenvalue weighted by molar-refractivity contribution is 0.608. The smallest absolute Gasteiger partial charge is 0.134 e. The normalized spacial score (nSPS) is 12.7. The molecule has 0 amide bonds. The van der Waals surface area contributed by atoms with Gasteiger partial charge in [-0.15, -0.1) is 20.4 Å². The summed E-state index contributed by atoms with van der Waals surface area (Å²) < 4.78 is 58.4. The molecule has 0 aliphatic heterocycles. The number of aromatic nitrogens is 4. The van der Waals surface area contributed by atoms with E-state index in [1.807, 2.05) is 0 Å². The van der Waals surface area contributed by atoms with E-state index in [0.717, 1.165) is 0 Å². The highest BCUT2D eigenvalue weighted by atomic mass is 19.1. The lowest BCUT2D eigenvalue weighted by atomic mass is 9.91. The summed E-state index contributed by atoms with van der Waals surface area (Å²) in [7, 11) is 0. The first-order valence-corrected chi connectivity index (χ1v) is 10.4. The number of hydrogen-bond acceptors (Lipinski definition) is 4. The van der Waals surface area contributed by atoms with Gasteiger partial charge >= 0.3 is 0 Å². The maximum absolute atomic E-state index is 14.6. The van der Waals surface area contributed by atoms with Crippen LogP contribution in [0.2, 0.25) is 0 Å². The van der Waals surface area contributed by atoms with Gasteiger partial charge in [0.25, 0.3) is 0 Å². The van der Waals surface area contributed by atoms with Crippen molar-refractivity contribution in [2.75, 3.05) is 0 Å². The predicted octanol–water partition coefficient (Wildman–Crippen LogP) is 6.77. The molecule has 160 valence electrons. The van der Waals surface area contributed by atoms with Gasteiger partial charge in [0.2, 0.25) is 0 Å². The van der Waals surface area contributed by atoms with Crippen molar-refractivity contribution < 1.29 is 17.6 Å². The Kier molecular flexibility index (Phi) is 3.03. The van der Waals surface area contributed by atoms with Crippen LogP contribution in [0.5, 0.6) is 0 Å². The minimum Gasteiger partial charge on any atom is -0.206 e. The molecular weight excluding hydrogens is 444 g/mol. The largest absolute Gasteiger partial charge is 0.206 e. The van der Waals surface area contributed by atoms with Crippen molar-refractivity contribution in [2.45, 2.75) is 0 Å². The highest BCUT2D eigenvalue weighted by Gasteiger charge is 2.25. The second-order valence-electron chi connectivity index (χ2n) is 8.42. The second kappa shape index (κ2) is 5.72. The van der Waals surface area contributed by atoms with Gasteiger partial charge < -0.3 is 0 Å². The molecule has 0 aliphatic carbocycles. The van der Waals surface area contributed by atoms with Gasteiger partial charge in [-0.2, -0.15) is 0 Å². The van der Waals surface area contributed by atoms with E-state index in [4.69, 9.17) is 0 Å². The Labute approximate surface area is 186 Å². The summed E-state index contributed by atoms with van der Waals surface area (Å²) in [5, 5.41) is 21.5. The fourth-order valence-electron chi connectivity index (χ4n) is 5.47. The van der Waals surface area contributed by atoms with Crippen LogP contribution >= 0.6 is 0 Å². The first-order valence-electron chi connectivity index (χ1n) is 10.4. The molecule has 34 heavy (non-hydrogen) atoms. The van der Waals surface area contributed by atoms with Crippen molar-refractivity contribution in [3.8, 4) is 0 Å². The van der Waals surface area contributed by atoms with Crippen molar-refractivity contribution in [2.24, 2.45) is 0 Å². The molecule has 0 saturated carbocycles. The number of rotatable bonds is 0. The van der Waals surface area contributed by atoms with E-state index in [-0.39, 0.29) is 10.8 Å². The van der Waals surface area contributed by atoms with E-state index in [1.165, 1.54) is 24.3 Å². The van der Waals surface area contributed by atoms with Gasteiger partial charge in [0, 0.05) is 43.1 Å². The van der Waals surface area contributed by atoms with Crippen LogP contribution in [0.15, 0.2) is 48.5 Å². The third-order valence-electron chi connectivity index (χ3n) is 6.84. The van der Waals surface area contributed by atoms with Crippen LogP contribution in [0.3, 0.4) is 0 Å². The topological polar surface area (TPSA) is 51.6 Å².